The third-order valence-electron chi connectivity index (χ3n) is 4.73. The van der Waals surface area contributed by atoms with Gasteiger partial charge in [0.05, 0.1) is 29.0 Å². The van der Waals surface area contributed by atoms with Crippen molar-refractivity contribution in [3.8, 4) is 0 Å². The Morgan fingerprint density at radius 1 is 1.17 bits per heavy atom. The number of rotatable bonds is 3. The fourth-order valence-electron chi connectivity index (χ4n) is 3.38. The molecule has 1 aromatic heterocycles. The van der Waals surface area contributed by atoms with Crippen molar-refractivity contribution in [2.45, 2.75) is 13.0 Å². The van der Waals surface area contributed by atoms with E-state index in [4.69, 9.17) is 16.3 Å². The molecule has 2 heterocycles. The number of esters is 1. The maximum Gasteiger partial charge on any atom is 0.338 e. The molecule has 7 heteroatoms. The van der Waals surface area contributed by atoms with Gasteiger partial charge in [-0.1, -0.05) is 71.5 Å². The zero-order valence-corrected chi connectivity index (χ0v) is 17.3. The van der Waals surface area contributed by atoms with Gasteiger partial charge in [-0.15, -0.1) is 0 Å². The van der Waals surface area contributed by atoms with Crippen molar-refractivity contribution in [2.24, 2.45) is 4.99 Å². The maximum absolute atomic E-state index is 13.3. The molecule has 3 aromatic rings. The van der Waals surface area contributed by atoms with Crippen LogP contribution in [0, 0.1) is 0 Å². The van der Waals surface area contributed by atoms with Crippen LogP contribution in [-0.2, 0) is 9.53 Å². The number of thiazole rings is 1. The second-order valence-electron chi connectivity index (χ2n) is 6.51. The minimum atomic E-state index is -0.603. The predicted molar refractivity (Wildman–Crippen MR) is 114 cm³/mol. The van der Waals surface area contributed by atoms with Crippen LogP contribution in [-0.4, -0.2) is 17.6 Å². The number of hydrogen-bond donors (Lipinski definition) is 0. The molecule has 0 aliphatic carbocycles. The lowest BCUT2D eigenvalue weighted by molar-refractivity contribution is -0.136. The molecule has 29 heavy (non-hydrogen) atoms. The van der Waals surface area contributed by atoms with E-state index in [2.05, 4.69) is 4.99 Å². The molecule has 0 amide bonds. The summed E-state index contributed by atoms with van der Waals surface area (Å²) in [6.45, 7) is 1.76. The van der Waals surface area contributed by atoms with Crippen LogP contribution < -0.4 is 14.9 Å². The van der Waals surface area contributed by atoms with Crippen molar-refractivity contribution < 1.29 is 9.53 Å². The summed E-state index contributed by atoms with van der Waals surface area (Å²) in [6, 6.07) is 16.1. The van der Waals surface area contributed by atoms with E-state index < -0.39 is 12.0 Å². The number of carbonyl (C=O) groups is 1. The Kier molecular flexibility index (Phi) is 5.22. The van der Waals surface area contributed by atoms with E-state index in [1.807, 2.05) is 48.5 Å². The molecular weight excluding hydrogens is 408 g/mol. The fourth-order valence-corrected chi connectivity index (χ4v) is 4.60. The quantitative estimate of drug-likeness (QED) is 0.607. The topological polar surface area (TPSA) is 60.7 Å². The van der Waals surface area contributed by atoms with Crippen LogP contribution in [0.1, 0.15) is 24.1 Å². The molecule has 0 saturated carbocycles. The molecule has 0 spiro atoms. The standard InChI is InChI=1S/C22H17ClN2O3S/c1-13-18(21(27)28-2)19(14-8-4-3-5-9-14)25-20(26)17(29-22(25)24-13)12-15-10-6-7-11-16(15)23/h3-12,19H,1-2H3/b17-12+. The highest BCUT2D eigenvalue weighted by atomic mass is 35.5. The number of aromatic nitrogens is 1. The van der Waals surface area contributed by atoms with Gasteiger partial charge in [-0.2, -0.15) is 0 Å². The van der Waals surface area contributed by atoms with E-state index in [0.717, 1.165) is 11.1 Å². The van der Waals surface area contributed by atoms with Crippen molar-refractivity contribution in [2.75, 3.05) is 7.11 Å². The smallest absolute Gasteiger partial charge is 0.338 e. The highest BCUT2D eigenvalue weighted by Crippen LogP contribution is 2.30. The minimum absolute atomic E-state index is 0.226. The first kappa shape index (κ1) is 19.4. The number of halogens is 1. The minimum Gasteiger partial charge on any atom is -0.466 e. The van der Waals surface area contributed by atoms with E-state index in [9.17, 15) is 9.59 Å². The van der Waals surface area contributed by atoms with Crippen molar-refractivity contribution in [1.29, 1.82) is 0 Å². The van der Waals surface area contributed by atoms with Gasteiger partial charge in [0.1, 0.15) is 0 Å². The van der Waals surface area contributed by atoms with Crippen LogP contribution in [0.25, 0.3) is 6.08 Å². The first-order chi connectivity index (χ1) is 14.0. The van der Waals surface area contributed by atoms with Gasteiger partial charge in [-0.3, -0.25) is 9.36 Å². The van der Waals surface area contributed by atoms with Gasteiger partial charge in [0.15, 0.2) is 4.80 Å². The first-order valence-electron chi connectivity index (χ1n) is 8.91. The van der Waals surface area contributed by atoms with Crippen LogP contribution in [0.4, 0.5) is 0 Å². The number of hydrogen-bond acceptors (Lipinski definition) is 5. The summed E-state index contributed by atoms with van der Waals surface area (Å²) < 4.78 is 7.05. The number of allylic oxidation sites excluding steroid dienone is 1. The van der Waals surface area contributed by atoms with Gasteiger partial charge >= 0.3 is 5.97 Å². The van der Waals surface area contributed by atoms with Gasteiger partial charge in [-0.05, 0) is 30.2 Å². The Bertz CT molecular complexity index is 1310. The number of methoxy groups -OCH3 is 1. The van der Waals surface area contributed by atoms with Crippen LogP contribution in [0.3, 0.4) is 0 Å². The number of nitrogens with zero attached hydrogens (tertiary/aromatic N) is 2. The second-order valence-corrected chi connectivity index (χ2v) is 7.92. The highest BCUT2D eigenvalue weighted by molar-refractivity contribution is 7.07. The summed E-state index contributed by atoms with van der Waals surface area (Å²) >= 11 is 7.53. The normalized spacial score (nSPS) is 16.4. The maximum atomic E-state index is 13.3. The lowest BCUT2D eigenvalue weighted by atomic mass is 9.96. The fraction of sp³-hybridized carbons (Fsp3) is 0.136. The summed E-state index contributed by atoms with van der Waals surface area (Å²) in [6.07, 6.45) is 1.76. The van der Waals surface area contributed by atoms with E-state index >= 15 is 0 Å². The van der Waals surface area contributed by atoms with Gasteiger partial charge in [0, 0.05) is 5.02 Å². The van der Waals surface area contributed by atoms with Crippen LogP contribution in [0.15, 0.2) is 75.7 Å². The lowest BCUT2D eigenvalue weighted by Gasteiger charge is -2.24. The molecule has 1 aliphatic rings. The monoisotopic (exact) mass is 424 g/mol. The zero-order valence-electron chi connectivity index (χ0n) is 15.8. The number of fused-ring (bicyclic) bond motifs is 1. The van der Waals surface area contributed by atoms with Gasteiger partial charge in [0.2, 0.25) is 0 Å². The molecule has 1 atom stereocenters. The average Bonchev–Trinajstić information content (AvgIpc) is 3.03. The second kappa shape index (κ2) is 7.81. The Balaban J connectivity index is 2.00. The number of benzene rings is 2. The van der Waals surface area contributed by atoms with Crippen LogP contribution in [0.5, 0.6) is 0 Å². The van der Waals surface area contributed by atoms with Gasteiger partial charge in [-0.25, -0.2) is 9.79 Å². The molecule has 4 rings (SSSR count). The molecule has 146 valence electrons. The lowest BCUT2D eigenvalue weighted by Crippen LogP contribution is -2.39. The first-order valence-corrected chi connectivity index (χ1v) is 10.1. The Morgan fingerprint density at radius 2 is 1.86 bits per heavy atom. The van der Waals surface area contributed by atoms with Crippen LogP contribution >= 0.6 is 22.9 Å². The van der Waals surface area contributed by atoms with Crippen molar-refractivity contribution >= 4 is 35.0 Å². The Morgan fingerprint density at radius 3 is 2.55 bits per heavy atom. The van der Waals surface area contributed by atoms with E-state index in [1.165, 1.54) is 18.4 Å². The number of carbonyl (C=O) groups excluding carboxylic acids is 1. The molecule has 5 nitrogen and oxygen atoms in total. The third kappa shape index (κ3) is 3.45. The molecule has 0 radical (unpaired) electrons. The summed E-state index contributed by atoms with van der Waals surface area (Å²) in [5.74, 6) is -0.500. The molecule has 0 N–H and O–H groups in total. The number of ether oxygens (including phenoxy) is 1. The molecule has 0 saturated heterocycles. The van der Waals surface area contributed by atoms with E-state index in [-0.39, 0.29) is 5.56 Å². The van der Waals surface area contributed by atoms with E-state index in [0.29, 0.717) is 25.6 Å². The largest absolute Gasteiger partial charge is 0.466 e. The molecule has 2 aromatic carbocycles. The predicted octanol–water partition coefficient (Wildman–Crippen LogP) is 3.06. The molecule has 1 unspecified atom stereocenters. The van der Waals surface area contributed by atoms with Crippen LogP contribution in [0.2, 0.25) is 5.02 Å². The summed E-state index contributed by atoms with van der Waals surface area (Å²) in [5.41, 5.74) is 2.23. The Labute approximate surface area is 175 Å². The summed E-state index contributed by atoms with van der Waals surface area (Å²) in [7, 11) is 1.33. The molecular formula is C22H17ClN2O3S. The highest BCUT2D eigenvalue weighted by Gasteiger charge is 2.32. The summed E-state index contributed by atoms with van der Waals surface area (Å²) in [4.78, 5) is 30.9. The zero-order chi connectivity index (χ0) is 20.5. The van der Waals surface area contributed by atoms with Gasteiger partial charge < -0.3 is 4.74 Å². The van der Waals surface area contributed by atoms with Gasteiger partial charge in [0.25, 0.3) is 5.56 Å². The SMILES string of the molecule is COC(=O)C1=C(C)N=c2s/c(=C/c3ccccc3Cl)c(=O)n2C1c1ccccc1. The third-order valence-corrected chi connectivity index (χ3v) is 6.06. The average molecular weight is 425 g/mol. The molecule has 1 aliphatic heterocycles. The van der Waals surface area contributed by atoms with E-state index in [1.54, 1.807) is 23.6 Å². The van der Waals surface area contributed by atoms with Crippen molar-refractivity contribution in [3.05, 3.63) is 102 Å². The summed E-state index contributed by atoms with van der Waals surface area (Å²) in [5, 5.41) is 0.560. The van der Waals surface area contributed by atoms with Crippen molar-refractivity contribution in [3.63, 3.8) is 0 Å². The Hall–Kier alpha value is -2.96. The molecule has 0 bridgehead atoms. The van der Waals surface area contributed by atoms with Crippen molar-refractivity contribution in [1.82, 2.24) is 4.57 Å². The molecule has 0 fully saturated rings.